The van der Waals surface area contributed by atoms with Crippen LogP contribution in [0.3, 0.4) is 0 Å². The van der Waals surface area contributed by atoms with Gasteiger partial charge in [0.15, 0.2) is 0 Å². The number of H-pyrrole nitrogens is 1. The van der Waals surface area contributed by atoms with Crippen molar-refractivity contribution in [3.8, 4) is 0 Å². The first-order chi connectivity index (χ1) is 5.89. The average Bonchev–Trinajstić information content (AvgIpc) is 2.62. The first-order valence-corrected chi connectivity index (χ1v) is 4.50. The highest BCUT2D eigenvalue weighted by Crippen LogP contribution is 2.16. The molecule has 0 saturated heterocycles. The van der Waals surface area contributed by atoms with Crippen LogP contribution in [-0.4, -0.2) is 21.2 Å². The molecule has 68 valence electrons. The number of aliphatic hydroxyl groups is 1. The highest BCUT2D eigenvalue weighted by molar-refractivity contribution is 4.64. The zero-order valence-corrected chi connectivity index (χ0v) is 7.24. The van der Waals surface area contributed by atoms with E-state index in [-0.39, 0.29) is 6.10 Å². The fourth-order valence-corrected chi connectivity index (χ4v) is 1.30. The summed E-state index contributed by atoms with van der Waals surface area (Å²) in [6.45, 7) is 0. The van der Waals surface area contributed by atoms with Gasteiger partial charge < -0.3 is 10.1 Å². The number of aromatic amines is 1. The van der Waals surface area contributed by atoms with Crippen LogP contribution in [0.5, 0.6) is 0 Å². The molecule has 1 heterocycles. The lowest BCUT2D eigenvalue weighted by Crippen LogP contribution is -2.09. The Labute approximate surface area is 72.8 Å². The van der Waals surface area contributed by atoms with E-state index >= 15 is 0 Å². The summed E-state index contributed by atoms with van der Waals surface area (Å²) in [6.07, 6.45) is 11.0. The minimum absolute atomic E-state index is 0.0359. The highest BCUT2D eigenvalue weighted by Gasteiger charge is 2.07. The number of imidazole rings is 1. The second kappa shape index (κ2) is 5.77. The van der Waals surface area contributed by atoms with Gasteiger partial charge in [-0.1, -0.05) is 19.3 Å². The van der Waals surface area contributed by atoms with Gasteiger partial charge >= 0.3 is 0 Å². The molecule has 1 saturated carbocycles. The maximum atomic E-state index is 8.91. The van der Waals surface area contributed by atoms with E-state index in [1.807, 2.05) is 0 Å². The largest absolute Gasteiger partial charge is 0.393 e. The van der Waals surface area contributed by atoms with Crippen molar-refractivity contribution >= 4 is 0 Å². The van der Waals surface area contributed by atoms with E-state index in [4.69, 9.17) is 5.11 Å². The van der Waals surface area contributed by atoms with Crippen LogP contribution in [0.1, 0.15) is 32.1 Å². The highest BCUT2D eigenvalue weighted by atomic mass is 16.3. The van der Waals surface area contributed by atoms with E-state index in [1.54, 1.807) is 18.7 Å². The SMILES string of the molecule is OC1CCCCC1.c1c[nH]cn1. The van der Waals surface area contributed by atoms with Crippen LogP contribution in [0.15, 0.2) is 18.7 Å². The third kappa shape index (κ3) is 4.13. The van der Waals surface area contributed by atoms with Gasteiger partial charge in [-0.25, -0.2) is 4.98 Å². The quantitative estimate of drug-likeness (QED) is 0.619. The fourth-order valence-electron chi connectivity index (χ4n) is 1.30. The maximum Gasteiger partial charge on any atom is 0.0919 e. The van der Waals surface area contributed by atoms with Crippen LogP contribution in [0.2, 0.25) is 0 Å². The molecule has 0 spiro atoms. The van der Waals surface area contributed by atoms with E-state index in [1.165, 1.54) is 19.3 Å². The van der Waals surface area contributed by atoms with Crippen LogP contribution < -0.4 is 0 Å². The van der Waals surface area contributed by atoms with Crippen molar-refractivity contribution < 1.29 is 5.11 Å². The van der Waals surface area contributed by atoms with Gasteiger partial charge in [0.05, 0.1) is 12.4 Å². The van der Waals surface area contributed by atoms with Gasteiger partial charge in [-0.3, -0.25) is 0 Å². The second-order valence-corrected chi connectivity index (χ2v) is 3.05. The van der Waals surface area contributed by atoms with Gasteiger partial charge in [-0.2, -0.15) is 0 Å². The Morgan fingerprint density at radius 1 is 1.25 bits per heavy atom. The number of rotatable bonds is 0. The first-order valence-electron chi connectivity index (χ1n) is 4.50. The molecule has 0 bridgehead atoms. The summed E-state index contributed by atoms with van der Waals surface area (Å²) in [5, 5.41) is 8.91. The van der Waals surface area contributed by atoms with Gasteiger partial charge in [0.1, 0.15) is 0 Å². The molecule has 12 heavy (non-hydrogen) atoms. The van der Waals surface area contributed by atoms with Crippen molar-refractivity contribution in [3.63, 3.8) is 0 Å². The Hall–Kier alpha value is -0.830. The molecule has 1 aliphatic carbocycles. The average molecular weight is 168 g/mol. The van der Waals surface area contributed by atoms with Crippen LogP contribution in [-0.2, 0) is 0 Å². The van der Waals surface area contributed by atoms with Crippen LogP contribution in [0.4, 0.5) is 0 Å². The molecule has 0 radical (unpaired) electrons. The van der Waals surface area contributed by atoms with Crippen LogP contribution >= 0.6 is 0 Å². The number of nitrogens with one attached hydrogen (secondary N) is 1. The molecule has 0 amide bonds. The summed E-state index contributed by atoms with van der Waals surface area (Å²) in [5.41, 5.74) is 0. The number of hydrogen-bond acceptors (Lipinski definition) is 2. The predicted molar refractivity (Wildman–Crippen MR) is 47.7 cm³/mol. The van der Waals surface area contributed by atoms with Gasteiger partial charge in [0.25, 0.3) is 0 Å². The van der Waals surface area contributed by atoms with Gasteiger partial charge in [-0.15, -0.1) is 0 Å². The van der Waals surface area contributed by atoms with Crippen molar-refractivity contribution in [2.75, 3.05) is 0 Å². The molecule has 1 aromatic heterocycles. The minimum atomic E-state index is 0.0359. The summed E-state index contributed by atoms with van der Waals surface area (Å²) in [5.74, 6) is 0. The third-order valence-electron chi connectivity index (χ3n) is 1.98. The van der Waals surface area contributed by atoms with Crippen molar-refractivity contribution in [1.29, 1.82) is 0 Å². The molecule has 1 aliphatic rings. The maximum absolute atomic E-state index is 8.91. The fraction of sp³-hybridized carbons (Fsp3) is 0.667. The van der Waals surface area contributed by atoms with E-state index in [0.29, 0.717) is 0 Å². The third-order valence-corrected chi connectivity index (χ3v) is 1.98. The molecular formula is C9H16N2O. The molecule has 1 aromatic rings. The molecule has 0 unspecified atom stereocenters. The summed E-state index contributed by atoms with van der Waals surface area (Å²) >= 11 is 0. The monoisotopic (exact) mass is 168 g/mol. The molecule has 3 nitrogen and oxygen atoms in total. The zero-order chi connectivity index (χ0) is 8.65. The molecule has 0 atom stereocenters. The van der Waals surface area contributed by atoms with Gasteiger partial charge in [0.2, 0.25) is 0 Å². The molecule has 1 fully saturated rings. The molecule has 0 aromatic carbocycles. The van der Waals surface area contributed by atoms with Crippen molar-refractivity contribution in [2.45, 2.75) is 38.2 Å². The van der Waals surface area contributed by atoms with E-state index in [0.717, 1.165) is 12.8 Å². The van der Waals surface area contributed by atoms with E-state index in [2.05, 4.69) is 9.97 Å². The number of aliphatic hydroxyl groups excluding tert-OH is 1. The Bertz CT molecular complexity index is 151. The van der Waals surface area contributed by atoms with Gasteiger partial charge in [-0.05, 0) is 12.8 Å². The molecule has 3 heteroatoms. The molecule has 2 rings (SSSR count). The first kappa shape index (κ1) is 9.26. The standard InChI is InChI=1S/C6H12O.C3H4N2/c7-6-4-2-1-3-5-6;1-2-5-3-4-1/h6-7H,1-5H2;1-3H,(H,4,5). The molecule has 2 N–H and O–H groups in total. The zero-order valence-electron chi connectivity index (χ0n) is 7.24. The Morgan fingerprint density at radius 2 is 2.00 bits per heavy atom. The lowest BCUT2D eigenvalue weighted by Gasteiger charge is -2.14. The lowest BCUT2D eigenvalue weighted by atomic mass is 9.98. The normalized spacial score (nSPS) is 18.1. The number of aromatic nitrogens is 2. The second-order valence-electron chi connectivity index (χ2n) is 3.05. The predicted octanol–water partition coefficient (Wildman–Crippen LogP) is 1.72. The van der Waals surface area contributed by atoms with E-state index < -0.39 is 0 Å². The van der Waals surface area contributed by atoms with Crippen molar-refractivity contribution in [1.82, 2.24) is 9.97 Å². The minimum Gasteiger partial charge on any atom is -0.393 e. The lowest BCUT2D eigenvalue weighted by molar-refractivity contribution is 0.130. The van der Waals surface area contributed by atoms with E-state index in [9.17, 15) is 0 Å². The summed E-state index contributed by atoms with van der Waals surface area (Å²) in [6, 6.07) is 0. The number of nitrogens with zero attached hydrogens (tertiary/aromatic N) is 1. The Balaban J connectivity index is 0.000000127. The van der Waals surface area contributed by atoms with Crippen LogP contribution in [0.25, 0.3) is 0 Å². The smallest absolute Gasteiger partial charge is 0.0919 e. The van der Waals surface area contributed by atoms with Crippen molar-refractivity contribution in [2.24, 2.45) is 0 Å². The van der Waals surface area contributed by atoms with Crippen molar-refractivity contribution in [3.05, 3.63) is 18.7 Å². The summed E-state index contributed by atoms with van der Waals surface area (Å²) in [7, 11) is 0. The Morgan fingerprint density at radius 3 is 2.25 bits per heavy atom. The van der Waals surface area contributed by atoms with Gasteiger partial charge in [0, 0.05) is 12.4 Å². The summed E-state index contributed by atoms with van der Waals surface area (Å²) in [4.78, 5) is 6.42. The molecular weight excluding hydrogens is 152 g/mol. The number of hydrogen-bond donors (Lipinski definition) is 2. The Kier molecular flexibility index (Phi) is 4.46. The summed E-state index contributed by atoms with van der Waals surface area (Å²) < 4.78 is 0. The molecule has 0 aliphatic heterocycles. The topological polar surface area (TPSA) is 48.9 Å². The van der Waals surface area contributed by atoms with Crippen LogP contribution in [0, 0.1) is 0 Å².